The minimum Gasteiger partial charge on any atom is -0.384 e. The fourth-order valence-corrected chi connectivity index (χ4v) is 1.43. The van der Waals surface area contributed by atoms with Crippen LogP contribution in [0.2, 0.25) is 0 Å². The molecule has 82 valence electrons. The molecule has 0 amide bonds. The maximum absolute atomic E-state index is 5.58. The van der Waals surface area contributed by atoms with Crippen LogP contribution in [0, 0.1) is 6.92 Å². The lowest BCUT2D eigenvalue weighted by Gasteiger charge is -2.05. The van der Waals surface area contributed by atoms with Crippen molar-refractivity contribution in [2.45, 2.75) is 13.5 Å². The highest BCUT2D eigenvalue weighted by atomic mass is 15.0. The van der Waals surface area contributed by atoms with Crippen LogP contribution in [0.4, 0.5) is 11.6 Å². The van der Waals surface area contributed by atoms with Crippen LogP contribution in [0.15, 0.2) is 36.4 Å². The molecule has 16 heavy (non-hydrogen) atoms. The molecule has 2 rings (SSSR count). The van der Waals surface area contributed by atoms with E-state index in [1.165, 1.54) is 0 Å². The van der Waals surface area contributed by atoms with Gasteiger partial charge < -0.3 is 11.1 Å². The monoisotopic (exact) mass is 214 g/mol. The standard InChI is InChI=1S/C12H14N4/c1-9-4-2-5-10(15-9)8-14-12-7-3-6-11(13)16-12/h2-7H,8H2,1H3,(H3,13,14,16). The van der Waals surface area contributed by atoms with E-state index in [-0.39, 0.29) is 0 Å². The van der Waals surface area contributed by atoms with Gasteiger partial charge in [-0.25, -0.2) is 4.98 Å². The molecular weight excluding hydrogens is 200 g/mol. The number of nitrogens with two attached hydrogens (primary N) is 1. The number of hydrogen-bond acceptors (Lipinski definition) is 4. The third-order valence-electron chi connectivity index (χ3n) is 2.17. The topological polar surface area (TPSA) is 63.8 Å². The predicted molar refractivity (Wildman–Crippen MR) is 65.0 cm³/mol. The summed E-state index contributed by atoms with van der Waals surface area (Å²) < 4.78 is 0. The van der Waals surface area contributed by atoms with Crippen LogP contribution >= 0.6 is 0 Å². The van der Waals surface area contributed by atoms with Gasteiger partial charge in [0.1, 0.15) is 11.6 Å². The third kappa shape index (κ3) is 2.70. The first-order valence-electron chi connectivity index (χ1n) is 5.13. The molecule has 2 aromatic heterocycles. The van der Waals surface area contributed by atoms with Crippen LogP contribution in [-0.4, -0.2) is 9.97 Å². The summed E-state index contributed by atoms with van der Waals surface area (Å²) in [5, 5.41) is 3.18. The van der Waals surface area contributed by atoms with Crippen LogP contribution < -0.4 is 11.1 Å². The van der Waals surface area contributed by atoms with Crippen LogP contribution in [0.3, 0.4) is 0 Å². The van der Waals surface area contributed by atoms with Gasteiger partial charge in [0.2, 0.25) is 0 Å². The molecule has 0 bridgehead atoms. The van der Waals surface area contributed by atoms with Gasteiger partial charge in [-0.1, -0.05) is 12.1 Å². The Bertz CT molecular complexity index is 436. The summed E-state index contributed by atoms with van der Waals surface area (Å²) in [6.45, 7) is 2.63. The van der Waals surface area contributed by atoms with Crippen molar-refractivity contribution in [3.05, 3.63) is 47.8 Å². The van der Waals surface area contributed by atoms with E-state index in [1.54, 1.807) is 6.07 Å². The van der Waals surface area contributed by atoms with E-state index < -0.39 is 0 Å². The highest BCUT2D eigenvalue weighted by molar-refractivity contribution is 5.42. The molecule has 0 saturated carbocycles. The summed E-state index contributed by atoms with van der Waals surface area (Å²) in [5.74, 6) is 1.28. The fourth-order valence-electron chi connectivity index (χ4n) is 1.43. The van der Waals surface area contributed by atoms with E-state index >= 15 is 0 Å². The Hall–Kier alpha value is -2.10. The van der Waals surface area contributed by atoms with Gasteiger partial charge in [0.15, 0.2) is 0 Å². The van der Waals surface area contributed by atoms with Crippen molar-refractivity contribution >= 4 is 11.6 Å². The van der Waals surface area contributed by atoms with Crippen molar-refractivity contribution in [1.82, 2.24) is 9.97 Å². The smallest absolute Gasteiger partial charge is 0.128 e. The lowest BCUT2D eigenvalue weighted by molar-refractivity contribution is 1.00. The number of nitrogens with zero attached hydrogens (tertiary/aromatic N) is 2. The number of rotatable bonds is 3. The molecular formula is C12H14N4. The number of aryl methyl sites for hydroxylation is 1. The Morgan fingerprint density at radius 2 is 1.94 bits per heavy atom. The van der Waals surface area contributed by atoms with Crippen molar-refractivity contribution < 1.29 is 0 Å². The molecule has 4 nitrogen and oxygen atoms in total. The van der Waals surface area contributed by atoms with Crippen molar-refractivity contribution in [2.75, 3.05) is 11.1 Å². The summed E-state index contributed by atoms with van der Waals surface area (Å²) in [6, 6.07) is 11.5. The number of anilines is 2. The normalized spacial score (nSPS) is 10.1. The molecule has 0 atom stereocenters. The van der Waals surface area contributed by atoms with Crippen LogP contribution in [0.5, 0.6) is 0 Å². The van der Waals surface area contributed by atoms with E-state index in [2.05, 4.69) is 15.3 Å². The van der Waals surface area contributed by atoms with Crippen LogP contribution in [0.1, 0.15) is 11.4 Å². The van der Waals surface area contributed by atoms with E-state index in [0.717, 1.165) is 17.2 Å². The van der Waals surface area contributed by atoms with Crippen LogP contribution in [0.25, 0.3) is 0 Å². The highest BCUT2D eigenvalue weighted by Crippen LogP contribution is 2.07. The predicted octanol–water partition coefficient (Wildman–Crippen LogP) is 1.98. The summed E-state index contributed by atoms with van der Waals surface area (Å²) in [7, 11) is 0. The molecule has 0 aliphatic carbocycles. The van der Waals surface area contributed by atoms with Gasteiger partial charge in [-0.2, -0.15) is 0 Å². The lowest BCUT2D eigenvalue weighted by Crippen LogP contribution is -2.04. The number of pyridine rings is 2. The van der Waals surface area contributed by atoms with Gasteiger partial charge in [0, 0.05) is 5.69 Å². The first-order valence-corrected chi connectivity index (χ1v) is 5.13. The third-order valence-corrected chi connectivity index (χ3v) is 2.17. The molecule has 0 spiro atoms. The van der Waals surface area contributed by atoms with Gasteiger partial charge in [-0.3, -0.25) is 4.98 Å². The molecule has 2 aromatic rings. The van der Waals surface area contributed by atoms with Gasteiger partial charge in [-0.15, -0.1) is 0 Å². The van der Waals surface area contributed by atoms with E-state index in [9.17, 15) is 0 Å². The molecule has 0 saturated heterocycles. The molecule has 0 aliphatic heterocycles. The molecule has 0 fully saturated rings. The maximum atomic E-state index is 5.58. The van der Waals surface area contributed by atoms with E-state index in [0.29, 0.717) is 12.4 Å². The van der Waals surface area contributed by atoms with E-state index in [4.69, 9.17) is 5.73 Å². The molecule has 0 radical (unpaired) electrons. The summed E-state index contributed by atoms with van der Waals surface area (Å²) in [6.07, 6.45) is 0. The maximum Gasteiger partial charge on any atom is 0.128 e. The van der Waals surface area contributed by atoms with Crippen molar-refractivity contribution in [1.29, 1.82) is 0 Å². The Morgan fingerprint density at radius 3 is 2.69 bits per heavy atom. The second kappa shape index (κ2) is 4.61. The molecule has 0 unspecified atom stereocenters. The average molecular weight is 214 g/mol. The number of hydrogen-bond donors (Lipinski definition) is 2. The zero-order valence-corrected chi connectivity index (χ0v) is 9.14. The first kappa shape index (κ1) is 10.4. The van der Waals surface area contributed by atoms with Gasteiger partial charge >= 0.3 is 0 Å². The van der Waals surface area contributed by atoms with Gasteiger partial charge in [0.05, 0.1) is 12.2 Å². The Balaban J connectivity index is 2.02. The molecule has 3 N–H and O–H groups in total. The molecule has 0 aromatic carbocycles. The minimum atomic E-state index is 0.516. The number of nitrogens with one attached hydrogen (secondary N) is 1. The first-order chi connectivity index (χ1) is 7.74. The Morgan fingerprint density at radius 1 is 1.12 bits per heavy atom. The fraction of sp³-hybridized carbons (Fsp3) is 0.167. The summed E-state index contributed by atoms with van der Waals surface area (Å²) >= 11 is 0. The van der Waals surface area contributed by atoms with Crippen molar-refractivity contribution in [3.8, 4) is 0 Å². The van der Waals surface area contributed by atoms with Crippen molar-refractivity contribution in [2.24, 2.45) is 0 Å². The Labute approximate surface area is 94.5 Å². The summed E-state index contributed by atoms with van der Waals surface area (Å²) in [5.41, 5.74) is 7.59. The quantitative estimate of drug-likeness (QED) is 0.820. The molecule has 2 heterocycles. The largest absolute Gasteiger partial charge is 0.384 e. The molecule has 0 aliphatic rings. The highest BCUT2D eigenvalue weighted by Gasteiger charge is 1.97. The second-order valence-corrected chi connectivity index (χ2v) is 3.57. The van der Waals surface area contributed by atoms with E-state index in [1.807, 2.05) is 37.3 Å². The van der Waals surface area contributed by atoms with Gasteiger partial charge in [-0.05, 0) is 31.2 Å². The Kier molecular flexibility index (Phi) is 3.00. The zero-order valence-electron chi connectivity index (χ0n) is 9.14. The van der Waals surface area contributed by atoms with Gasteiger partial charge in [0.25, 0.3) is 0 Å². The summed E-state index contributed by atoms with van der Waals surface area (Å²) in [4.78, 5) is 8.54. The average Bonchev–Trinajstić information content (AvgIpc) is 2.27. The minimum absolute atomic E-state index is 0.516. The van der Waals surface area contributed by atoms with Crippen molar-refractivity contribution in [3.63, 3.8) is 0 Å². The number of nitrogen functional groups attached to an aromatic ring is 1. The molecule has 4 heteroatoms. The SMILES string of the molecule is Cc1cccc(CNc2cccc(N)n2)n1. The van der Waals surface area contributed by atoms with Crippen LogP contribution in [-0.2, 0) is 6.54 Å². The zero-order chi connectivity index (χ0) is 11.4. The second-order valence-electron chi connectivity index (χ2n) is 3.57. The number of aromatic nitrogens is 2. The lowest BCUT2D eigenvalue weighted by atomic mass is 10.3.